The normalized spacial score (nSPS) is 20.5. The molecule has 0 aliphatic carbocycles. The molecule has 4 rings (SSSR count). The predicted molar refractivity (Wildman–Crippen MR) is 113 cm³/mol. The Hall–Kier alpha value is -2.93. The zero-order chi connectivity index (χ0) is 22.0. The van der Waals surface area contributed by atoms with E-state index in [1.807, 2.05) is 11.0 Å². The zero-order valence-electron chi connectivity index (χ0n) is 18.2. The van der Waals surface area contributed by atoms with E-state index in [2.05, 4.69) is 37.0 Å². The Labute approximate surface area is 182 Å². The van der Waals surface area contributed by atoms with Crippen LogP contribution in [0.5, 0.6) is 5.75 Å². The van der Waals surface area contributed by atoms with E-state index >= 15 is 0 Å². The average Bonchev–Trinajstić information content (AvgIpc) is 3.04. The summed E-state index contributed by atoms with van der Waals surface area (Å²) in [6, 6.07) is 10.1. The highest BCUT2D eigenvalue weighted by molar-refractivity contribution is 6.31. The Morgan fingerprint density at radius 2 is 1.97 bits per heavy atom. The number of hydrogen-bond acceptors (Lipinski definition) is 7. The number of carbonyl (C=O) groups excluding carboxylic acids is 2. The molecular formula is C24H28N2O5. The highest BCUT2D eigenvalue weighted by Crippen LogP contribution is 2.40. The number of pyridine rings is 1. The minimum atomic E-state index is -1.37. The molecule has 0 amide bonds. The molecular weight excluding hydrogens is 396 g/mol. The van der Waals surface area contributed by atoms with Gasteiger partial charge in [-0.3, -0.25) is 4.98 Å². The van der Waals surface area contributed by atoms with Gasteiger partial charge in [-0.25, -0.2) is 14.5 Å². The monoisotopic (exact) mass is 424 g/mol. The van der Waals surface area contributed by atoms with Crippen molar-refractivity contribution in [1.82, 2.24) is 9.88 Å². The Morgan fingerprint density at radius 1 is 1.19 bits per heavy atom. The van der Waals surface area contributed by atoms with Crippen molar-refractivity contribution in [2.24, 2.45) is 5.92 Å². The van der Waals surface area contributed by atoms with Crippen LogP contribution in [-0.2, 0) is 32.0 Å². The Balaban J connectivity index is 1.51. The van der Waals surface area contributed by atoms with Crippen LogP contribution in [0.1, 0.15) is 41.6 Å². The number of hydrogen-bond donors (Lipinski definition) is 0. The molecule has 1 atom stereocenters. The number of rotatable bonds is 6. The molecule has 1 unspecified atom stereocenters. The Kier molecular flexibility index (Phi) is 5.96. The topological polar surface area (TPSA) is 78.0 Å². The third-order valence-electron chi connectivity index (χ3n) is 6.24. The third-order valence-corrected chi connectivity index (χ3v) is 6.24. The number of likely N-dealkylation sites (tertiary alicyclic amines) is 1. The van der Waals surface area contributed by atoms with E-state index in [1.54, 1.807) is 19.4 Å². The lowest BCUT2D eigenvalue weighted by Gasteiger charge is -2.43. The summed E-state index contributed by atoms with van der Waals surface area (Å²) in [4.78, 5) is 30.2. The van der Waals surface area contributed by atoms with Crippen LogP contribution < -0.4 is 4.74 Å². The summed E-state index contributed by atoms with van der Waals surface area (Å²) in [5.41, 5.74) is 4.56. The first-order valence-corrected chi connectivity index (χ1v) is 10.7. The van der Waals surface area contributed by atoms with Gasteiger partial charge in [0.05, 0.1) is 19.3 Å². The van der Waals surface area contributed by atoms with Crippen LogP contribution in [0.2, 0.25) is 0 Å². The molecule has 3 heterocycles. The zero-order valence-corrected chi connectivity index (χ0v) is 18.2. The number of benzene rings is 1. The quantitative estimate of drug-likeness (QED) is 0.520. The molecule has 1 aromatic carbocycles. The van der Waals surface area contributed by atoms with Crippen molar-refractivity contribution in [3.8, 4) is 5.75 Å². The number of aryl methyl sites for hydroxylation is 3. The summed E-state index contributed by atoms with van der Waals surface area (Å²) in [5, 5.41) is 0. The van der Waals surface area contributed by atoms with Crippen LogP contribution in [0.25, 0.3) is 0 Å². The maximum atomic E-state index is 12.0. The van der Waals surface area contributed by atoms with Crippen molar-refractivity contribution >= 4 is 11.9 Å². The molecule has 31 heavy (non-hydrogen) atoms. The minimum Gasteiger partial charge on any atom is -0.495 e. The van der Waals surface area contributed by atoms with Gasteiger partial charge in [0.25, 0.3) is 0 Å². The fourth-order valence-corrected chi connectivity index (χ4v) is 4.49. The molecule has 1 spiro atoms. The van der Waals surface area contributed by atoms with E-state index in [0.717, 1.165) is 19.3 Å². The lowest BCUT2D eigenvalue weighted by molar-refractivity contribution is -0.275. The van der Waals surface area contributed by atoms with Crippen LogP contribution >= 0.6 is 0 Å². The fraction of sp³-hybridized carbons (Fsp3) is 0.458. The Bertz CT molecular complexity index is 974. The van der Waals surface area contributed by atoms with Gasteiger partial charge in [0.15, 0.2) is 0 Å². The summed E-state index contributed by atoms with van der Waals surface area (Å²) in [6.07, 6.45) is 4.92. The van der Waals surface area contributed by atoms with Crippen molar-refractivity contribution < 1.29 is 23.8 Å². The van der Waals surface area contributed by atoms with Gasteiger partial charge >= 0.3 is 17.8 Å². The highest BCUT2D eigenvalue weighted by atomic mass is 16.8. The van der Waals surface area contributed by atoms with Crippen LogP contribution in [0, 0.1) is 19.8 Å². The first-order valence-electron chi connectivity index (χ1n) is 10.7. The van der Waals surface area contributed by atoms with Gasteiger partial charge in [-0.15, -0.1) is 0 Å². The van der Waals surface area contributed by atoms with Gasteiger partial charge in [-0.05, 0) is 62.3 Å². The Morgan fingerprint density at radius 3 is 2.71 bits per heavy atom. The smallest absolute Gasteiger partial charge is 0.421 e. The largest absolute Gasteiger partial charge is 0.495 e. The van der Waals surface area contributed by atoms with E-state index in [4.69, 9.17) is 14.2 Å². The first kappa shape index (κ1) is 21.3. The molecule has 2 aliphatic heterocycles. The molecule has 2 fully saturated rings. The van der Waals surface area contributed by atoms with Gasteiger partial charge in [-0.1, -0.05) is 23.8 Å². The second-order valence-electron chi connectivity index (χ2n) is 8.39. The van der Waals surface area contributed by atoms with Gasteiger partial charge in [0.1, 0.15) is 5.75 Å². The number of piperidine rings is 1. The molecule has 0 bridgehead atoms. The van der Waals surface area contributed by atoms with Crippen LogP contribution in [0.4, 0.5) is 0 Å². The van der Waals surface area contributed by atoms with Gasteiger partial charge in [0.2, 0.25) is 0 Å². The summed E-state index contributed by atoms with van der Waals surface area (Å²) < 4.78 is 16.5. The number of esters is 2. The summed E-state index contributed by atoms with van der Waals surface area (Å²) in [7, 11) is 1.59. The molecule has 2 saturated heterocycles. The van der Waals surface area contributed by atoms with Crippen molar-refractivity contribution in [3.05, 3.63) is 58.9 Å². The summed E-state index contributed by atoms with van der Waals surface area (Å²) >= 11 is 0. The van der Waals surface area contributed by atoms with E-state index in [-0.39, 0.29) is 5.92 Å². The number of methoxy groups -OCH3 is 1. The van der Waals surface area contributed by atoms with E-state index in [1.165, 1.54) is 16.7 Å². The highest BCUT2D eigenvalue weighted by Gasteiger charge is 2.56. The number of carbonyl (C=O) groups is 2. The van der Waals surface area contributed by atoms with Crippen molar-refractivity contribution in [3.63, 3.8) is 0 Å². The molecule has 164 valence electrons. The van der Waals surface area contributed by atoms with E-state index in [0.29, 0.717) is 31.0 Å². The van der Waals surface area contributed by atoms with E-state index < -0.39 is 17.8 Å². The number of ether oxygens (including phenoxy) is 3. The SMILES string of the molecule is COc1cccnc1CN1CCC(CCc2cc(C)ccc2C)CC12OC(=O)C(=O)O2. The second-order valence-corrected chi connectivity index (χ2v) is 8.39. The molecule has 0 saturated carbocycles. The lowest BCUT2D eigenvalue weighted by atomic mass is 9.87. The predicted octanol–water partition coefficient (Wildman–Crippen LogP) is 3.31. The lowest BCUT2D eigenvalue weighted by Crippen LogP contribution is -2.55. The number of aromatic nitrogens is 1. The molecule has 2 aromatic rings. The van der Waals surface area contributed by atoms with E-state index in [9.17, 15) is 9.59 Å². The molecule has 1 aromatic heterocycles. The fourth-order valence-electron chi connectivity index (χ4n) is 4.49. The molecule has 7 nitrogen and oxygen atoms in total. The maximum Gasteiger partial charge on any atom is 0.421 e. The second kappa shape index (κ2) is 8.67. The van der Waals surface area contributed by atoms with Crippen LogP contribution in [0.15, 0.2) is 36.5 Å². The molecule has 0 N–H and O–H groups in total. The maximum absolute atomic E-state index is 12.0. The minimum absolute atomic E-state index is 0.264. The standard InChI is InChI=1S/C24H28N2O5/c1-16-6-7-17(2)19(13-16)9-8-18-10-12-26(15-20-21(29-3)5-4-11-25-20)24(14-18)30-22(27)23(28)31-24/h4-7,11,13,18H,8-10,12,14-15H2,1-3H3. The first-order chi connectivity index (χ1) is 14.9. The third kappa shape index (κ3) is 4.42. The van der Waals surface area contributed by atoms with Crippen molar-refractivity contribution in [2.45, 2.75) is 52.0 Å². The summed E-state index contributed by atoms with van der Waals surface area (Å²) in [6.45, 7) is 5.20. The molecule has 7 heteroatoms. The van der Waals surface area contributed by atoms with Gasteiger partial charge in [-0.2, -0.15) is 0 Å². The average molecular weight is 424 g/mol. The van der Waals surface area contributed by atoms with Crippen molar-refractivity contribution in [2.75, 3.05) is 13.7 Å². The van der Waals surface area contributed by atoms with Crippen LogP contribution in [-0.4, -0.2) is 41.4 Å². The summed E-state index contributed by atoms with van der Waals surface area (Å²) in [5.74, 6) is -2.34. The van der Waals surface area contributed by atoms with Crippen LogP contribution in [0.3, 0.4) is 0 Å². The molecule has 2 aliphatic rings. The van der Waals surface area contributed by atoms with Gasteiger partial charge < -0.3 is 14.2 Å². The van der Waals surface area contributed by atoms with Gasteiger partial charge in [0, 0.05) is 19.2 Å². The number of nitrogens with zero attached hydrogens (tertiary/aromatic N) is 2. The molecule has 0 radical (unpaired) electrons. The van der Waals surface area contributed by atoms with Crippen molar-refractivity contribution in [1.29, 1.82) is 0 Å².